The lowest BCUT2D eigenvalue weighted by Gasteiger charge is -2.27. The molecule has 0 bridgehead atoms. The van der Waals surface area contributed by atoms with Crippen molar-refractivity contribution in [2.24, 2.45) is 0 Å². The minimum atomic E-state index is -0.341. The molecule has 0 saturated heterocycles. The van der Waals surface area contributed by atoms with Crippen molar-refractivity contribution in [3.63, 3.8) is 0 Å². The largest absolute Gasteiger partial charge is 0.507 e. The van der Waals surface area contributed by atoms with Crippen molar-refractivity contribution in [1.29, 1.82) is 0 Å². The van der Waals surface area contributed by atoms with Gasteiger partial charge in [0.2, 0.25) is 0 Å². The van der Waals surface area contributed by atoms with E-state index < -0.39 is 0 Å². The number of nitrogens with zero attached hydrogens (tertiary/aromatic N) is 2. The van der Waals surface area contributed by atoms with E-state index in [0.717, 1.165) is 43.2 Å². The molecule has 34 heavy (non-hydrogen) atoms. The number of fused-ring (bicyclic) bond motifs is 1. The summed E-state index contributed by atoms with van der Waals surface area (Å²) >= 11 is 0. The van der Waals surface area contributed by atoms with E-state index in [1.807, 2.05) is 35.2 Å². The number of carbonyl (C=O) groups excluding carboxylic acids is 1. The molecule has 0 spiro atoms. The van der Waals surface area contributed by atoms with Gasteiger partial charge in [0.05, 0.1) is 19.8 Å². The molecule has 7 nitrogen and oxygen atoms in total. The van der Waals surface area contributed by atoms with Crippen LogP contribution < -0.4 is 9.47 Å². The normalized spacial score (nSPS) is 15.0. The van der Waals surface area contributed by atoms with Gasteiger partial charge in [-0.15, -0.1) is 0 Å². The summed E-state index contributed by atoms with van der Waals surface area (Å²) in [6.07, 6.45) is 5.05. The van der Waals surface area contributed by atoms with Crippen LogP contribution in [-0.2, 0) is 0 Å². The topological polar surface area (TPSA) is 87.7 Å². The maximum Gasteiger partial charge on any atom is 0.273 e. The van der Waals surface area contributed by atoms with Crippen molar-refractivity contribution in [2.75, 3.05) is 20.3 Å². The van der Waals surface area contributed by atoms with E-state index in [0.29, 0.717) is 41.6 Å². The number of hydrogen-bond donors (Lipinski definition) is 2. The number of methoxy groups -OCH3 is 1. The summed E-state index contributed by atoms with van der Waals surface area (Å²) < 4.78 is 11.6. The highest BCUT2D eigenvalue weighted by Crippen LogP contribution is 2.45. The molecule has 0 radical (unpaired) electrons. The Labute approximate surface area is 200 Å². The van der Waals surface area contributed by atoms with E-state index in [-0.39, 0.29) is 17.7 Å². The molecule has 0 aliphatic carbocycles. The Hall–Kier alpha value is -3.48. The SMILES string of the molecule is CCCCCN1C(=O)c2[nH]nc(-c3ccccc3O)c2C1c1ccc(OCCCC)c(OC)c1. The summed E-state index contributed by atoms with van der Waals surface area (Å²) in [5.41, 5.74) is 3.36. The molecule has 1 amide bonds. The van der Waals surface area contributed by atoms with E-state index in [1.165, 1.54) is 0 Å². The van der Waals surface area contributed by atoms with Crippen LogP contribution in [0.2, 0.25) is 0 Å². The molecule has 2 N–H and O–H groups in total. The highest BCUT2D eigenvalue weighted by Gasteiger charge is 2.42. The van der Waals surface area contributed by atoms with Gasteiger partial charge < -0.3 is 19.5 Å². The number of aromatic nitrogens is 2. The maximum atomic E-state index is 13.4. The van der Waals surface area contributed by atoms with Crippen molar-refractivity contribution in [1.82, 2.24) is 15.1 Å². The van der Waals surface area contributed by atoms with E-state index in [2.05, 4.69) is 24.0 Å². The molecule has 0 saturated carbocycles. The number of amides is 1. The summed E-state index contributed by atoms with van der Waals surface area (Å²) in [7, 11) is 1.63. The predicted molar refractivity (Wildman–Crippen MR) is 131 cm³/mol. The number of ether oxygens (including phenoxy) is 2. The highest BCUT2D eigenvalue weighted by molar-refractivity contribution is 6.00. The Kier molecular flexibility index (Phi) is 7.40. The Balaban J connectivity index is 1.78. The second-order valence-corrected chi connectivity index (χ2v) is 8.60. The number of rotatable bonds is 11. The first-order valence-electron chi connectivity index (χ1n) is 12.1. The zero-order chi connectivity index (χ0) is 24.1. The smallest absolute Gasteiger partial charge is 0.273 e. The minimum absolute atomic E-state index is 0.0764. The van der Waals surface area contributed by atoms with Gasteiger partial charge >= 0.3 is 0 Å². The Bertz CT molecular complexity index is 1140. The molecule has 180 valence electrons. The number of unbranched alkanes of at least 4 members (excludes halogenated alkanes) is 3. The van der Waals surface area contributed by atoms with E-state index in [9.17, 15) is 9.90 Å². The van der Waals surface area contributed by atoms with Gasteiger partial charge in [0.1, 0.15) is 17.1 Å². The quantitative estimate of drug-likeness (QED) is 0.356. The summed E-state index contributed by atoms with van der Waals surface area (Å²) in [6.45, 7) is 5.53. The van der Waals surface area contributed by atoms with Crippen LogP contribution in [0.15, 0.2) is 42.5 Å². The van der Waals surface area contributed by atoms with Crippen molar-refractivity contribution < 1.29 is 19.4 Å². The van der Waals surface area contributed by atoms with Crippen molar-refractivity contribution >= 4 is 5.91 Å². The number of aromatic hydroxyl groups is 1. The van der Waals surface area contributed by atoms with Gasteiger partial charge in [-0.05, 0) is 42.7 Å². The first-order valence-corrected chi connectivity index (χ1v) is 12.1. The van der Waals surface area contributed by atoms with Crippen LogP contribution in [-0.4, -0.2) is 46.4 Å². The first kappa shape index (κ1) is 23.7. The van der Waals surface area contributed by atoms with Crippen LogP contribution in [0, 0.1) is 0 Å². The molecule has 1 aliphatic heterocycles. The van der Waals surface area contributed by atoms with Gasteiger partial charge in [0.15, 0.2) is 11.5 Å². The third kappa shape index (κ3) is 4.47. The Morgan fingerprint density at radius 3 is 2.59 bits per heavy atom. The van der Waals surface area contributed by atoms with Crippen LogP contribution >= 0.6 is 0 Å². The van der Waals surface area contributed by atoms with Crippen LogP contribution in [0.25, 0.3) is 11.3 Å². The van der Waals surface area contributed by atoms with E-state index in [4.69, 9.17) is 9.47 Å². The van der Waals surface area contributed by atoms with Crippen LogP contribution in [0.1, 0.15) is 73.6 Å². The Morgan fingerprint density at radius 1 is 1.06 bits per heavy atom. The van der Waals surface area contributed by atoms with Crippen LogP contribution in [0.4, 0.5) is 0 Å². The lowest BCUT2D eigenvalue weighted by Crippen LogP contribution is -2.30. The lowest BCUT2D eigenvalue weighted by molar-refractivity contribution is 0.0740. The van der Waals surface area contributed by atoms with Gasteiger partial charge in [0, 0.05) is 17.7 Å². The second-order valence-electron chi connectivity index (χ2n) is 8.60. The molecule has 1 unspecified atom stereocenters. The van der Waals surface area contributed by atoms with Gasteiger partial charge in [-0.3, -0.25) is 9.89 Å². The average molecular weight is 464 g/mol. The van der Waals surface area contributed by atoms with E-state index in [1.54, 1.807) is 19.2 Å². The fraction of sp³-hybridized carbons (Fsp3) is 0.407. The summed E-state index contributed by atoms with van der Waals surface area (Å²) in [5, 5.41) is 17.9. The monoisotopic (exact) mass is 463 g/mol. The van der Waals surface area contributed by atoms with E-state index >= 15 is 0 Å². The average Bonchev–Trinajstić information content (AvgIpc) is 3.39. The number of H-pyrrole nitrogens is 1. The number of hydrogen-bond acceptors (Lipinski definition) is 5. The summed E-state index contributed by atoms with van der Waals surface area (Å²) in [6, 6.07) is 12.6. The lowest BCUT2D eigenvalue weighted by atomic mass is 9.95. The number of carbonyl (C=O) groups is 1. The highest BCUT2D eigenvalue weighted by atomic mass is 16.5. The predicted octanol–water partition coefficient (Wildman–Crippen LogP) is 5.71. The molecular weight excluding hydrogens is 430 g/mol. The molecule has 1 atom stereocenters. The van der Waals surface area contributed by atoms with Crippen molar-refractivity contribution in [2.45, 2.75) is 52.0 Å². The minimum Gasteiger partial charge on any atom is -0.507 e. The number of phenolic OH excluding ortho intramolecular Hbond substituents is 1. The number of para-hydroxylation sites is 1. The van der Waals surface area contributed by atoms with Gasteiger partial charge in [-0.1, -0.05) is 51.3 Å². The number of benzene rings is 2. The molecule has 2 aromatic carbocycles. The molecule has 2 heterocycles. The number of nitrogens with one attached hydrogen (secondary N) is 1. The molecule has 4 rings (SSSR count). The summed E-state index contributed by atoms with van der Waals surface area (Å²) in [4.78, 5) is 15.3. The van der Waals surface area contributed by atoms with Gasteiger partial charge in [-0.25, -0.2) is 0 Å². The second kappa shape index (κ2) is 10.6. The molecule has 7 heteroatoms. The standard InChI is InChI=1S/C27H33N3O4/c1-4-6-10-15-30-26(18-13-14-21(22(17-18)33-3)34-16-7-5-2)23-24(28-29-25(23)27(30)32)19-11-8-9-12-20(19)31/h8-9,11-14,17,26,31H,4-7,10,15-16H2,1-3H3,(H,28,29). The first-order chi connectivity index (χ1) is 16.6. The van der Waals surface area contributed by atoms with Crippen LogP contribution in [0.3, 0.4) is 0 Å². The summed E-state index contributed by atoms with van der Waals surface area (Å²) in [5.74, 6) is 1.38. The fourth-order valence-electron chi connectivity index (χ4n) is 4.49. The van der Waals surface area contributed by atoms with Crippen molar-refractivity contribution in [3.05, 3.63) is 59.3 Å². The third-order valence-electron chi connectivity index (χ3n) is 6.28. The third-order valence-corrected chi connectivity index (χ3v) is 6.28. The number of phenols is 1. The Morgan fingerprint density at radius 2 is 1.85 bits per heavy atom. The van der Waals surface area contributed by atoms with Gasteiger partial charge in [-0.2, -0.15) is 5.10 Å². The zero-order valence-corrected chi connectivity index (χ0v) is 20.1. The fourth-order valence-corrected chi connectivity index (χ4v) is 4.49. The van der Waals surface area contributed by atoms with Crippen LogP contribution in [0.5, 0.6) is 17.2 Å². The van der Waals surface area contributed by atoms with Gasteiger partial charge in [0.25, 0.3) is 5.91 Å². The molecule has 0 fully saturated rings. The molecule has 3 aromatic rings. The number of aromatic amines is 1. The van der Waals surface area contributed by atoms with Crippen molar-refractivity contribution in [3.8, 4) is 28.5 Å². The molecule has 1 aromatic heterocycles. The maximum absolute atomic E-state index is 13.4. The molecular formula is C27H33N3O4. The zero-order valence-electron chi connectivity index (χ0n) is 20.1. The molecule has 1 aliphatic rings.